The van der Waals surface area contributed by atoms with Crippen LogP contribution in [0.5, 0.6) is 0 Å². The first-order valence-corrected chi connectivity index (χ1v) is 12.9. The fourth-order valence-corrected chi connectivity index (χ4v) is 5.19. The third kappa shape index (κ3) is 5.08. The van der Waals surface area contributed by atoms with Crippen molar-refractivity contribution in [2.75, 3.05) is 19.0 Å². The Labute approximate surface area is 211 Å². The van der Waals surface area contributed by atoms with Gasteiger partial charge in [0.05, 0.1) is 4.90 Å². The highest BCUT2D eigenvalue weighted by molar-refractivity contribution is 7.89. The molecule has 0 radical (unpaired) electrons. The van der Waals surface area contributed by atoms with Crippen molar-refractivity contribution in [3.8, 4) is 0 Å². The summed E-state index contributed by atoms with van der Waals surface area (Å²) >= 11 is 0. The molecule has 0 aromatic heterocycles. The van der Waals surface area contributed by atoms with Gasteiger partial charge in [-0.25, -0.2) is 13.1 Å². The highest BCUT2D eigenvalue weighted by atomic mass is 32.2. The van der Waals surface area contributed by atoms with E-state index in [9.17, 15) is 36.3 Å². The van der Waals surface area contributed by atoms with E-state index >= 15 is 0 Å². The number of benzene rings is 2. The summed E-state index contributed by atoms with van der Waals surface area (Å²) in [5.74, 6) is -1.05. The minimum absolute atomic E-state index is 0.0213. The number of alkyl halides is 3. The zero-order valence-corrected chi connectivity index (χ0v) is 20.8. The predicted octanol–water partition coefficient (Wildman–Crippen LogP) is 2.57. The van der Waals surface area contributed by atoms with Gasteiger partial charge in [-0.15, -0.1) is 0 Å². The van der Waals surface area contributed by atoms with Crippen molar-refractivity contribution >= 4 is 27.5 Å². The number of amides is 2. The number of aliphatic hydroxyl groups is 1. The molecule has 3 atom stereocenters. The van der Waals surface area contributed by atoms with Crippen LogP contribution in [0.3, 0.4) is 0 Å². The summed E-state index contributed by atoms with van der Waals surface area (Å²) in [6, 6.07) is 7.63. The van der Waals surface area contributed by atoms with E-state index in [1.807, 2.05) is 0 Å². The van der Waals surface area contributed by atoms with Gasteiger partial charge >= 0.3 is 6.18 Å². The lowest BCUT2D eigenvalue weighted by Crippen LogP contribution is -2.42. The molecule has 200 valence electrons. The van der Waals surface area contributed by atoms with Crippen LogP contribution in [-0.4, -0.2) is 56.2 Å². The molecule has 2 aromatic carbocycles. The molecular weight excluding hydrogens is 515 g/mol. The summed E-state index contributed by atoms with van der Waals surface area (Å²) in [5, 5.41) is 12.5. The quantitative estimate of drug-likeness (QED) is 0.516. The molecule has 2 aromatic rings. The van der Waals surface area contributed by atoms with E-state index in [0.29, 0.717) is 37.5 Å². The normalized spacial score (nSPS) is 21.4. The van der Waals surface area contributed by atoms with Crippen LogP contribution >= 0.6 is 0 Å². The molecule has 2 heterocycles. The number of hydrogen-bond donors (Lipinski definition) is 3. The molecule has 13 heteroatoms. The average molecular weight is 542 g/mol. The number of fused-ring (bicyclic) bond motifs is 1. The lowest BCUT2D eigenvalue weighted by molar-refractivity contribution is -0.258. The van der Waals surface area contributed by atoms with E-state index in [1.54, 1.807) is 0 Å². The zero-order valence-electron chi connectivity index (χ0n) is 20.0. The maximum absolute atomic E-state index is 13.4. The molecule has 2 aliphatic rings. The molecule has 2 unspecified atom stereocenters. The van der Waals surface area contributed by atoms with Crippen molar-refractivity contribution in [2.45, 2.75) is 55.1 Å². The fraction of sp³-hybridized carbons (Fsp3) is 0.417. The first kappa shape index (κ1) is 27.0. The Morgan fingerprint density at radius 1 is 1.14 bits per heavy atom. The molecule has 2 aliphatic heterocycles. The van der Waals surface area contributed by atoms with Gasteiger partial charge in [0.2, 0.25) is 10.0 Å². The minimum Gasteiger partial charge on any atom is -0.376 e. The summed E-state index contributed by atoms with van der Waals surface area (Å²) < 4.78 is 71.7. The van der Waals surface area contributed by atoms with Gasteiger partial charge in [-0.05, 0) is 67.8 Å². The molecule has 4 rings (SSSR count). The van der Waals surface area contributed by atoms with Gasteiger partial charge in [0, 0.05) is 18.8 Å². The highest BCUT2D eigenvalue weighted by Crippen LogP contribution is 2.40. The number of halogens is 3. The van der Waals surface area contributed by atoms with Crippen molar-refractivity contribution in [1.82, 2.24) is 9.62 Å². The van der Waals surface area contributed by atoms with Crippen molar-refractivity contribution in [2.24, 2.45) is 0 Å². The number of nitrogens with zero attached hydrogens (tertiary/aromatic N) is 1. The Kier molecular flexibility index (Phi) is 7.10. The Balaban J connectivity index is 1.63. The zero-order chi connectivity index (χ0) is 27.2. The van der Waals surface area contributed by atoms with Crippen molar-refractivity contribution in [3.05, 3.63) is 59.2 Å². The minimum atomic E-state index is -4.89. The van der Waals surface area contributed by atoms with Crippen LogP contribution in [0, 0.1) is 0 Å². The van der Waals surface area contributed by atoms with E-state index < -0.39 is 51.3 Å². The number of anilines is 1. The van der Waals surface area contributed by atoms with Gasteiger partial charge in [0.25, 0.3) is 11.8 Å². The summed E-state index contributed by atoms with van der Waals surface area (Å²) in [6.07, 6.45) is -4.45. The first-order valence-electron chi connectivity index (χ1n) is 11.5. The van der Waals surface area contributed by atoms with E-state index in [0.717, 1.165) is 12.1 Å². The number of carbonyl (C=O) groups excluding carboxylic acids is 2. The maximum Gasteiger partial charge on any atom is 0.421 e. The van der Waals surface area contributed by atoms with E-state index in [-0.39, 0.29) is 17.1 Å². The SMILES string of the molecule is CNS(=O)(=O)c1ccc2c(c1)CN(C(=O)[C@H]1CCCO1)C2C(=O)Nc1ccc(C(C)(O)C(F)(F)F)cc1. The Hall–Kier alpha value is -3.00. The molecule has 0 aliphatic carbocycles. The topological polar surface area (TPSA) is 125 Å². The van der Waals surface area contributed by atoms with E-state index in [2.05, 4.69) is 10.0 Å². The second kappa shape index (κ2) is 9.71. The molecule has 37 heavy (non-hydrogen) atoms. The fourth-order valence-electron chi connectivity index (χ4n) is 4.41. The van der Waals surface area contributed by atoms with Crippen LogP contribution in [0.15, 0.2) is 47.4 Å². The third-order valence-corrected chi connectivity index (χ3v) is 8.06. The standard InChI is InChI=1S/C24H26F3N3O6S/c1-23(33,24(25,26)27)15-5-7-16(8-6-15)29-21(31)20-18-10-9-17(37(34,35)28-2)12-14(18)13-30(20)22(32)19-4-3-11-36-19/h5-10,12,19-20,28,33H,3-4,11,13H2,1-2H3,(H,29,31)/t19-,20?,23?/m1/s1. The largest absolute Gasteiger partial charge is 0.421 e. The van der Waals surface area contributed by atoms with Crippen molar-refractivity contribution in [3.63, 3.8) is 0 Å². The summed E-state index contributed by atoms with van der Waals surface area (Å²) in [6.45, 7) is 1.02. The lowest BCUT2D eigenvalue weighted by Gasteiger charge is -2.27. The first-order chi connectivity index (χ1) is 17.3. The predicted molar refractivity (Wildman–Crippen MR) is 126 cm³/mol. The van der Waals surface area contributed by atoms with Crippen LogP contribution < -0.4 is 10.0 Å². The van der Waals surface area contributed by atoms with Crippen LogP contribution in [0.1, 0.15) is 42.5 Å². The number of carbonyl (C=O) groups is 2. The molecule has 2 amide bonds. The smallest absolute Gasteiger partial charge is 0.376 e. The lowest BCUT2D eigenvalue weighted by atomic mass is 9.95. The van der Waals surface area contributed by atoms with E-state index in [1.165, 1.54) is 42.3 Å². The van der Waals surface area contributed by atoms with E-state index in [4.69, 9.17) is 4.74 Å². The Bertz CT molecular complexity index is 1310. The number of hydrogen-bond acceptors (Lipinski definition) is 6. The number of sulfonamides is 1. The van der Waals surface area contributed by atoms with Crippen molar-refractivity contribution in [1.29, 1.82) is 0 Å². The van der Waals surface area contributed by atoms with Gasteiger partial charge in [-0.3, -0.25) is 9.59 Å². The second-order valence-corrected chi connectivity index (χ2v) is 11.0. The Morgan fingerprint density at radius 3 is 2.38 bits per heavy atom. The van der Waals surface area contributed by atoms with Crippen LogP contribution in [0.4, 0.5) is 18.9 Å². The maximum atomic E-state index is 13.4. The third-order valence-electron chi connectivity index (χ3n) is 6.64. The molecule has 0 saturated carbocycles. The summed E-state index contributed by atoms with van der Waals surface area (Å²) in [7, 11) is -2.50. The molecule has 0 spiro atoms. The van der Waals surface area contributed by atoms with Gasteiger partial charge in [-0.1, -0.05) is 18.2 Å². The summed E-state index contributed by atoms with van der Waals surface area (Å²) in [4.78, 5) is 27.9. The molecular formula is C24H26F3N3O6S. The van der Waals surface area contributed by atoms with Gasteiger partial charge < -0.3 is 20.1 Å². The molecule has 1 fully saturated rings. The molecule has 3 N–H and O–H groups in total. The molecule has 9 nitrogen and oxygen atoms in total. The monoisotopic (exact) mass is 541 g/mol. The van der Waals surface area contributed by atoms with Gasteiger partial charge in [0.15, 0.2) is 5.60 Å². The van der Waals surface area contributed by atoms with Gasteiger partial charge in [0.1, 0.15) is 12.1 Å². The van der Waals surface area contributed by atoms with Crippen LogP contribution in [-0.2, 0) is 36.5 Å². The summed E-state index contributed by atoms with van der Waals surface area (Å²) in [5.41, 5.74) is -2.43. The molecule has 1 saturated heterocycles. The second-order valence-electron chi connectivity index (χ2n) is 9.08. The van der Waals surface area contributed by atoms with Crippen LogP contribution in [0.25, 0.3) is 0 Å². The Morgan fingerprint density at radius 2 is 1.81 bits per heavy atom. The average Bonchev–Trinajstić information content (AvgIpc) is 3.51. The highest BCUT2D eigenvalue weighted by Gasteiger charge is 2.51. The van der Waals surface area contributed by atoms with Gasteiger partial charge in [-0.2, -0.15) is 13.2 Å². The van der Waals surface area contributed by atoms with Crippen LogP contribution in [0.2, 0.25) is 0 Å². The number of ether oxygens (including phenoxy) is 1. The number of rotatable bonds is 6. The molecule has 0 bridgehead atoms. The van der Waals surface area contributed by atoms with Crippen molar-refractivity contribution < 1.29 is 41.0 Å². The number of nitrogens with one attached hydrogen (secondary N) is 2.